The molecule has 0 saturated heterocycles. The van der Waals surface area contributed by atoms with E-state index >= 15 is 0 Å². The van der Waals surface area contributed by atoms with Gasteiger partial charge in [-0.1, -0.05) is 0 Å². The van der Waals surface area contributed by atoms with Crippen LogP contribution in [-0.4, -0.2) is 57.0 Å². The first kappa shape index (κ1) is 15.9. The summed E-state index contributed by atoms with van der Waals surface area (Å²) in [5.74, 6) is -0.134. The van der Waals surface area contributed by atoms with Crippen molar-refractivity contribution in [1.82, 2.24) is 19.5 Å². The number of methoxy groups -OCH3 is 1. The van der Waals surface area contributed by atoms with E-state index in [1.165, 1.54) is 20.4 Å². The van der Waals surface area contributed by atoms with E-state index in [1.807, 2.05) is 0 Å². The third kappa shape index (κ3) is 3.59. The van der Waals surface area contributed by atoms with Crippen LogP contribution in [0, 0.1) is 0 Å². The molecule has 0 saturated carbocycles. The topological polar surface area (TPSA) is 135 Å². The molecule has 0 aliphatic carbocycles. The molecule has 10 heteroatoms. The van der Waals surface area contributed by atoms with E-state index in [1.54, 1.807) is 4.57 Å². The normalized spacial score (nSPS) is 12.3. The van der Waals surface area contributed by atoms with Crippen LogP contribution >= 0.6 is 0 Å². The predicted molar refractivity (Wildman–Crippen MR) is 74.9 cm³/mol. The molecule has 0 amide bonds. The summed E-state index contributed by atoms with van der Waals surface area (Å²) in [6, 6.07) is 0. The summed E-state index contributed by atoms with van der Waals surface area (Å²) in [5, 5.41) is 9.20. The zero-order valence-corrected chi connectivity index (χ0v) is 12.2. The molecular formula is C12H17N5O5. The van der Waals surface area contributed by atoms with E-state index in [-0.39, 0.29) is 31.8 Å². The quantitative estimate of drug-likeness (QED) is 0.637. The van der Waals surface area contributed by atoms with Gasteiger partial charge in [0.25, 0.3) is 0 Å². The van der Waals surface area contributed by atoms with Crippen molar-refractivity contribution in [2.45, 2.75) is 19.8 Å². The first-order valence-corrected chi connectivity index (χ1v) is 6.43. The number of aromatic nitrogens is 4. The number of hydrogen-bond acceptors (Lipinski definition) is 9. The highest BCUT2D eigenvalue weighted by Gasteiger charge is 2.15. The monoisotopic (exact) mass is 311 g/mol. The van der Waals surface area contributed by atoms with E-state index in [9.17, 15) is 9.90 Å². The van der Waals surface area contributed by atoms with Gasteiger partial charge < -0.3 is 25.1 Å². The summed E-state index contributed by atoms with van der Waals surface area (Å²) in [4.78, 5) is 22.9. The van der Waals surface area contributed by atoms with Crippen molar-refractivity contribution in [3.05, 3.63) is 6.33 Å². The number of anilines is 1. The van der Waals surface area contributed by atoms with Crippen molar-refractivity contribution in [3.8, 4) is 5.88 Å². The van der Waals surface area contributed by atoms with Gasteiger partial charge in [-0.2, -0.15) is 9.97 Å². The Morgan fingerprint density at radius 1 is 1.50 bits per heavy atom. The minimum Gasteiger partial charge on any atom is -0.479 e. The summed E-state index contributed by atoms with van der Waals surface area (Å²) < 4.78 is 16.9. The number of ether oxygens (including phenoxy) is 3. The Kier molecular flexibility index (Phi) is 5.07. The third-order valence-corrected chi connectivity index (χ3v) is 2.77. The van der Waals surface area contributed by atoms with Gasteiger partial charge >= 0.3 is 5.97 Å². The lowest BCUT2D eigenvalue weighted by Gasteiger charge is -2.15. The lowest BCUT2D eigenvalue weighted by atomic mass is 10.4. The molecule has 0 aliphatic heterocycles. The average molecular weight is 311 g/mol. The van der Waals surface area contributed by atoms with Crippen LogP contribution in [0.3, 0.4) is 0 Å². The second-order valence-corrected chi connectivity index (χ2v) is 4.38. The highest BCUT2D eigenvalue weighted by molar-refractivity contribution is 5.77. The summed E-state index contributed by atoms with van der Waals surface area (Å²) in [7, 11) is 1.46. The van der Waals surface area contributed by atoms with E-state index < -0.39 is 12.1 Å². The maximum atomic E-state index is 10.8. The maximum Gasteiger partial charge on any atom is 0.302 e. The molecule has 0 spiro atoms. The molecule has 1 atom stereocenters. The van der Waals surface area contributed by atoms with Crippen molar-refractivity contribution in [2.75, 3.05) is 26.1 Å². The average Bonchev–Trinajstić information content (AvgIpc) is 2.89. The Hall–Kier alpha value is -2.46. The number of imidazole rings is 1. The largest absolute Gasteiger partial charge is 0.479 e. The number of aliphatic hydroxyl groups is 1. The standard InChI is InChI=1S/C12H17N5O5/c1-7(19)21-4-8(3-18)22-6-17-5-14-9-10(17)15-12(13)16-11(9)20-2/h5,8,18H,3-4,6H2,1-2H3,(H2,13,15,16). The third-order valence-electron chi connectivity index (χ3n) is 2.77. The van der Waals surface area contributed by atoms with Gasteiger partial charge in [0.2, 0.25) is 11.8 Å². The number of carbonyl (C=O) groups is 1. The van der Waals surface area contributed by atoms with Crippen LogP contribution in [0.4, 0.5) is 5.95 Å². The number of nitrogen functional groups attached to an aromatic ring is 1. The number of nitrogens with zero attached hydrogens (tertiary/aromatic N) is 4. The number of rotatable bonds is 7. The van der Waals surface area contributed by atoms with E-state index in [0.717, 1.165) is 0 Å². The van der Waals surface area contributed by atoms with Crippen molar-refractivity contribution in [1.29, 1.82) is 0 Å². The second-order valence-electron chi connectivity index (χ2n) is 4.38. The molecule has 0 aromatic carbocycles. The fourth-order valence-corrected chi connectivity index (χ4v) is 1.72. The molecule has 2 heterocycles. The number of esters is 1. The molecule has 2 aromatic rings. The van der Waals surface area contributed by atoms with Crippen molar-refractivity contribution < 1.29 is 24.1 Å². The van der Waals surface area contributed by atoms with Crippen LogP contribution in [0.15, 0.2) is 6.33 Å². The Morgan fingerprint density at radius 2 is 2.27 bits per heavy atom. The smallest absolute Gasteiger partial charge is 0.302 e. The first-order chi connectivity index (χ1) is 10.5. The van der Waals surface area contributed by atoms with Crippen LogP contribution in [0.5, 0.6) is 5.88 Å². The van der Waals surface area contributed by atoms with Crippen LogP contribution in [0.25, 0.3) is 11.2 Å². The zero-order valence-electron chi connectivity index (χ0n) is 12.2. The molecule has 2 rings (SSSR count). The Morgan fingerprint density at radius 3 is 2.91 bits per heavy atom. The molecule has 3 N–H and O–H groups in total. The van der Waals surface area contributed by atoms with Gasteiger partial charge in [-0.15, -0.1) is 0 Å². The van der Waals surface area contributed by atoms with E-state index in [0.29, 0.717) is 11.2 Å². The molecule has 120 valence electrons. The van der Waals surface area contributed by atoms with Gasteiger partial charge in [0, 0.05) is 6.92 Å². The summed E-state index contributed by atoms with van der Waals surface area (Å²) in [6.07, 6.45) is 0.837. The zero-order chi connectivity index (χ0) is 16.1. The Labute approximate surface area is 125 Å². The van der Waals surface area contributed by atoms with Crippen LogP contribution in [-0.2, 0) is 21.0 Å². The summed E-state index contributed by atoms with van der Waals surface area (Å²) in [5.41, 5.74) is 6.49. The molecule has 0 aliphatic rings. The minimum absolute atomic E-state index is 0.0428. The van der Waals surface area contributed by atoms with E-state index in [4.69, 9.17) is 19.9 Å². The van der Waals surface area contributed by atoms with Crippen LogP contribution in [0.1, 0.15) is 6.92 Å². The summed E-state index contributed by atoms with van der Waals surface area (Å²) >= 11 is 0. The number of fused-ring (bicyclic) bond motifs is 1. The number of hydrogen-bond donors (Lipinski definition) is 2. The van der Waals surface area contributed by atoms with Crippen molar-refractivity contribution in [2.24, 2.45) is 0 Å². The van der Waals surface area contributed by atoms with Crippen LogP contribution in [0.2, 0.25) is 0 Å². The number of aliphatic hydroxyl groups excluding tert-OH is 1. The lowest BCUT2D eigenvalue weighted by molar-refractivity contribution is -0.147. The Balaban J connectivity index is 2.11. The highest BCUT2D eigenvalue weighted by Crippen LogP contribution is 2.21. The van der Waals surface area contributed by atoms with Gasteiger partial charge in [-0.3, -0.25) is 9.36 Å². The molecule has 0 fully saturated rings. The molecule has 22 heavy (non-hydrogen) atoms. The van der Waals surface area contributed by atoms with Crippen molar-refractivity contribution in [3.63, 3.8) is 0 Å². The first-order valence-electron chi connectivity index (χ1n) is 6.43. The molecule has 0 bridgehead atoms. The molecule has 1 unspecified atom stereocenters. The minimum atomic E-state index is -0.651. The molecular weight excluding hydrogens is 294 g/mol. The molecule has 2 aromatic heterocycles. The highest BCUT2D eigenvalue weighted by atomic mass is 16.6. The van der Waals surface area contributed by atoms with Gasteiger partial charge in [-0.25, -0.2) is 4.98 Å². The Bertz CT molecular complexity index is 659. The van der Waals surface area contributed by atoms with Gasteiger partial charge in [0.1, 0.15) is 19.4 Å². The van der Waals surface area contributed by atoms with Gasteiger partial charge in [0.05, 0.1) is 20.0 Å². The number of nitrogens with two attached hydrogens (primary N) is 1. The van der Waals surface area contributed by atoms with E-state index in [2.05, 4.69) is 15.0 Å². The van der Waals surface area contributed by atoms with Crippen molar-refractivity contribution >= 4 is 23.1 Å². The molecule has 10 nitrogen and oxygen atoms in total. The fourth-order valence-electron chi connectivity index (χ4n) is 1.72. The molecule has 0 radical (unpaired) electrons. The van der Waals surface area contributed by atoms with Gasteiger partial charge in [-0.05, 0) is 0 Å². The predicted octanol–water partition coefficient (Wildman–Crippen LogP) is -0.685. The van der Waals surface area contributed by atoms with Gasteiger partial charge in [0.15, 0.2) is 11.2 Å². The second kappa shape index (κ2) is 7.00. The summed E-state index contributed by atoms with van der Waals surface area (Å²) in [6.45, 7) is 0.992. The van der Waals surface area contributed by atoms with Crippen LogP contribution < -0.4 is 10.5 Å². The maximum absolute atomic E-state index is 10.8. The fraction of sp³-hybridized carbons (Fsp3) is 0.500. The lowest BCUT2D eigenvalue weighted by Crippen LogP contribution is -2.26. The number of carbonyl (C=O) groups excluding carboxylic acids is 1. The SMILES string of the molecule is COc1nc(N)nc2c1ncn2COC(CO)COC(C)=O.